The van der Waals surface area contributed by atoms with Crippen molar-refractivity contribution >= 4 is 22.0 Å². The number of carbonyl (C=O) groups excluding carboxylic acids is 1. The van der Waals surface area contributed by atoms with E-state index in [1.807, 2.05) is 0 Å². The molecule has 0 N–H and O–H groups in total. The van der Waals surface area contributed by atoms with Crippen LogP contribution in [-0.4, -0.2) is 36.5 Å². The summed E-state index contributed by atoms with van der Waals surface area (Å²) in [6.07, 6.45) is 2.33. The summed E-state index contributed by atoms with van der Waals surface area (Å²) in [6, 6.07) is 4.14. The molecule has 0 aliphatic rings. The average Bonchev–Trinajstić information content (AvgIpc) is 2.47. The number of nitro groups is 1. The van der Waals surface area contributed by atoms with E-state index in [0.29, 0.717) is 12.7 Å². The van der Waals surface area contributed by atoms with Crippen LogP contribution < -0.4 is 0 Å². The van der Waals surface area contributed by atoms with Crippen LogP contribution in [0.15, 0.2) is 41.8 Å². The van der Waals surface area contributed by atoms with E-state index in [2.05, 4.69) is 6.58 Å². The molecule has 0 fully saturated rings. The molecular weight excluding hydrogens is 296 g/mol. The molecule has 0 aliphatic carbocycles. The van der Waals surface area contributed by atoms with E-state index in [1.54, 1.807) is 0 Å². The van der Waals surface area contributed by atoms with Gasteiger partial charge in [-0.1, -0.05) is 18.2 Å². The monoisotopic (exact) mass is 312 g/mol. The molecule has 7 nitrogen and oxygen atoms in total. The Labute approximate surface area is 123 Å². The van der Waals surface area contributed by atoms with Gasteiger partial charge < -0.3 is 4.79 Å². The van der Waals surface area contributed by atoms with Gasteiger partial charge in [0.2, 0.25) is 0 Å². The van der Waals surface area contributed by atoms with E-state index < -0.39 is 31.6 Å². The molecule has 114 valence electrons. The first-order chi connectivity index (χ1) is 9.86. The highest BCUT2D eigenvalue weighted by Crippen LogP contribution is 2.27. The number of rotatable bonds is 8. The van der Waals surface area contributed by atoms with E-state index in [-0.39, 0.29) is 6.54 Å². The highest BCUT2D eigenvalue weighted by molar-refractivity contribution is 7.89. The summed E-state index contributed by atoms with van der Waals surface area (Å²) in [6.45, 7) is 4.94. The van der Waals surface area contributed by atoms with Crippen LogP contribution in [-0.2, 0) is 14.8 Å². The molecule has 0 saturated carbocycles. The number of para-hydroxylation sites is 1. The number of benzene rings is 1. The summed E-state index contributed by atoms with van der Waals surface area (Å²) < 4.78 is 26.1. The van der Waals surface area contributed by atoms with Crippen molar-refractivity contribution in [2.75, 3.05) is 6.54 Å². The summed E-state index contributed by atoms with van der Waals surface area (Å²) in [5.41, 5.74) is -0.515. The van der Waals surface area contributed by atoms with E-state index >= 15 is 0 Å². The molecule has 8 heteroatoms. The Kier molecular flexibility index (Phi) is 5.74. The SMILES string of the molecule is C=CCCN([C@@H](C)C=O)S(=O)(=O)c1ccccc1[N+](=O)[O-]. The van der Waals surface area contributed by atoms with E-state index in [9.17, 15) is 23.3 Å². The van der Waals surface area contributed by atoms with Gasteiger partial charge in [-0.25, -0.2) is 8.42 Å². The van der Waals surface area contributed by atoms with Crippen molar-refractivity contribution in [1.82, 2.24) is 4.31 Å². The van der Waals surface area contributed by atoms with Gasteiger partial charge in [0.1, 0.15) is 6.29 Å². The fraction of sp³-hybridized carbons (Fsp3) is 0.308. The Morgan fingerprint density at radius 3 is 2.57 bits per heavy atom. The second-order valence-corrected chi connectivity index (χ2v) is 6.15. The van der Waals surface area contributed by atoms with Gasteiger partial charge in [0, 0.05) is 12.6 Å². The van der Waals surface area contributed by atoms with Gasteiger partial charge in [0.05, 0.1) is 11.0 Å². The van der Waals surface area contributed by atoms with Crippen LogP contribution >= 0.6 is 0 Å². The van der Waals surface area contributed by atoms with Crippen LogP contribution in [0.25, 0.3) is 0 Å². The van der Waals surface area contributed by atoms with Gasteiger partial charge in [-0.15, -0.1) is 6.58 Å². The molecule has 0 aliphatic heterocycles. The zero-order valence-electron chi connectivity index (χ0n) is 11.5. The highest BCUT2D eigenvalue weighted by Gasteiger charge is 2.33. The largest absolute Gasteiger partial charge is 0.302 e. The number of aldehydes is 1. The molecule has 1 aromatic carbocycles. The molecule has 0 unspecified atom stereocenters. The van der Waals surface area contributed by atoms with Crippen molar-refractivity contribution in [2.24, 2.45) is 0 Å². The van der Waals surface area contributed by atoms with Crippen LogP contribution in [0.3, 0.4) is 0 Å². The van der Waals surface area contributed by atoms with Crippen molar-refractivity contribution in [3.8, 4) is 0 Å². The zero-order valence-corrected chi connectivity index (χ0v) is 12.3. The van der Waals surface area contributed by atoms with Crippen molar-refractivity contribution < 1.29 is 18.1 Å². The van der Waals surface area contributed by atoms with Gasteiger partial charge in [0.15, 0.2) is 4.90 Å². The van der Waals surface area contributed by atoms with Crippen molar-refractivity contribution in [3.63, 3.8) is 0 Å². The standard InChI is InChI=1S/C13H16N2O5S/c1-3-4-9-14(11(2)10-16)21(19,20)13-8-6-5-7-12(13)15(17)18/h3,5-8,10-11H,1,4,9H2,2H3/t11-/m0/s1. The molecule has 0 aromatic heterocycles. The van der Waals surface area contributed by atoms with Gasteiger partial charge in [-0.3, -0.25) is 10.1 Å². The lowest BCUT2D eigenvalue weighted by atomic mass is 10.3. The third kappa shape index (κ3) is 3.73. The molecule has 0 spiro atoms. The molecule has 1 aromatic rings. The second-order valence-electron chi connectivity index (χ2n) is 4.29. The van der Waals surface area contributed by atoms with Gasteiger partial charge in [0.25, 0.3) is 15.7 Å². The normalized spacial score (nSPS) is 12.9. The zero-order chi connectivity index (χ0) is 16.0. The Bertz CT molecular complexity index is 642. The summed E-state index contributed by atoms with van der Waals surface area (Å²) in [7, 11) is -4.15. The lowest BCUT2D eigenvalue weighted by Crippen LogP contribution is -2.40. The number of carbonyl (C=O) groups is 1. The Morgan fingerprint density at radius 1 is 1.43 bits per heavy atom. The fourth-order valence-electron chi connectivity index (χ4n) is 1.78. The van der Waals surface area contributed by atoms with Crippen molar-refractivity contribution in [2.45, 2.75) is 24.3 Å². The molecule has 0 radical (unpaired) electrons. The van der Waals surface area contributed by atoms with E-state index in [0.717, 1.165) is 16.4 Å². The molecule has 1 atom stereocenters. The lowest BCUT2D eigenvalue weighted by Gasteiger charge is -2.24. The smallest absolute Gasteiger partial charge is 0.289 e. The molecule has 0 amide bonds. The molecule has 1 rings (SSSR count). The van der Waals surface area contributed by atoms with Crippen molar-refractivity contribution in [1.29, 1.82) is 0 Å². The minimum Gasteiger partial charge on any atom is -0.302 e. The Morgan fingerprint density at radius 2 is 2.05 bits per heavy atom. The number of hydrogen-bond donors (Lipinski definition) is 0. The average molecular weight is 312 g/mol. The first-order valence-corrected chi connectivity index (χ1v) is 7.61. The van der Waals surface area contributed by atoms with E-state index in [1.165, 1.54) is 25.1 Å². The number of nitrogens with zero attached hydrogens (tertiary/aromatic N) is 2. The number of sulfonamides is 1. The van der Waals surface area contributed by atoms with Crippen LogP contribution in [0, 0.1) is 10.1 Å². The third-order valence-corrected chi connectivity index (χ3v) is 4.89. The maximum Gasteiger partial charge on any atom is 0.289 e. The fourth-order valence-corrected chi connectivity index (χ4v) is 3.52. The van der Waals surface area contributed by atoms with Crippen LogP contribution in [0.4, 0.5) is 5.69 Å². The maximum absolute atomic E-state index is 12.6. The van der Waals surface area contributed by atoms with E-state index in [4.69, 9.17) is 0 Å². The quantitative estimate of drug-likeness (QED) is 0.315. The lowest BCUT2D eigenvalue weighted by molar-refractivity contribution is -0.387. The van der Waals surface area contributed by atoms with Crippen LogP contribution in [0.2, 0.25) is 0 Å². The van der Waals surface area contributed by atoms with Gasteiger partial charge >= 0.3 is 0 Å². The molecular formula is C13H16N2O5S. The second kappa shape index (κ2) is 7.09. The summed E-state index contributed by atoms with van der Waals surface area (Å²) in [5, 5.41) is 11.0. The number of nitro benzene ring substituents is 1. The molecule has 0 heterocycles. The first-order valence-electron chi connectivity index (χ1n) is 6.17. The third-order valence-electron chi connectivity index (χ3n) is 2.85. The first kappa shape index (κ1) is 17.0. The summed E-state index contributed by atoms with van der Waals surface area (Å²) in [4.78, 5) is 20.7. The van der Waals surface area contributed by atoms with Crippen LogP contribution in [0.5, 0.6) is 0 Å². The van der Waals surface area contributed by atoms with Gasteiger partial charge in [-0.05, 0) is 19.4 Å². The highest BCUT2D eigenvalue weighted by atomic mass is 32.2. The molecule has 21 heavy (non-hydrogen) atoms. The van der Waals surface area contributed by atoms with Gasteiger partial charge in [-0.2, -0.15) is 4.31 Å². The predicted molar refractivity (Wildman–Crippen MR) is 77.3 cm³/mol. The predicted octanol–water partition coefficient (Wildman–Crippen LogP) is 1.75. The van der Waals surface area contributed by atoms with Crippen molar-refractivity contribution in [3.05, 3.63) is 47.0 Å². The molecule has 0 saturated heterocycles. The van der Waals surface area contributed by atoms with Crippen LogP contribution in [0.1, 0.15) is 13.3 Å². The number of hydrogen-bond acceptors (Lipinski definition) is 5. The summed E-state index contributed by atoms with van der Waals surface area (Å²) >= 11 is 0. The molecule has 0 bridgehead atoms. The Hall–Kier alpha value is -2.06. The minimum absolute atomic E-state index is 0.0256. The summed E-state index contributed by atoms with van der Waals surface area (Å²) in [5.74, 6) is 0. The Balaban J connectivity index is 3.38. The topological polar surface area (TPSA) is 97.6 Å². The maximum atomic E-state index is 12.6. The minimum atomic E-state index is -4.15.